The molecule has 2 atom stereocenters. The zero-order valence-electron chi connectivity index (χ0n) is 20.0. The van der Waals surface area contributed by atoms with Crippen molar-refractivity contribution in [2.24, 2.45) is 5.92 Å². The first-order valence-electron chi connectivity index (χ1n) is 12.0. The van der Waals surface area contributed by atoms with E-state index in [2.05, 4.69) is 20.8 Å². The van der Waals surface area contributed by atoms with E-state index in [9.17, 15) is 24.6 Å². The quantitative estimate of drug-likeness (QED) is 0.182. The number of hydrogen-bond donors (Lipinski definition) is 3. The average Bonchev–Trinajstić information content (AvgIpc) is 2.66. The van der Waals surface area contributed by atoms with Gasteiger partial charge in [0.1, 0.15) is 5.60 Å². The smallest absolute Gasteiger partial charge is 0.336 e. The van der Waals surface area contributed by atoms with Gasteiger partial charge in [0, 0.05) is 0 Å². The Labute approximate surface area is 187 Å². The predicted octanol–water partition coefficient (Wildman–Crippen LogP) is 5.33. The molecule has 0 aliphatic rings. The maximum absolute atomic E-state index is 12.8. The van der Waals surface area contributed by atoms with Gasteiger partial charge in [-0.05, 0) is 38.0 Å². The molecule has 0 aliphatic heterocycles. The molecule has 0 saturated carbocycles. The molecule has 0 rings (SSSR count). The molecular formula is C24H44O7. The average molecular weight is 445 g/mol. The summed E-state index contributed by atoms with van der Waals surface area (Å²) in [5.74, 6) is -3.91. The minimum atomic E-state index is -2.67. The molecule has 7 nitrogen and oxygen atoms in total. The Hall–Kier alpha value is -1.63. The standard InChI is InChI=1S/C24H44O7/c1-5-9-10-11-12-16-24(15-8-4,19(13-6-2)14-7-3)31-21(27)18-23(30,22(28)29)17-20(25)26/h19,30H,5-18H2,1-4H3,(H,25,26)(H,28,29). The third-order valence-electron chi connectivity index (χ3n) is 5.99. The van der Waals surface area contributed by atoms with E-state index in [1.807, 2.05) is 6.92 Å². The van der Waals surface area contributed by atoms with Crippen molar-refractivity contribution >= 4 is 17.9 Å². The Morgan fingerprint density at radius 1 is 0.774 bits per heavy atom. The van der Waals surface area contributed by atoms with Crippen LogP contribution in [0.25, 0.3) is 0 Å². The molecule has 0 aromatic carbocycles. The Morgan fingerprint density at radius 2 is 1.35 bits per heavy atom. The molecule has 3 N–H and O–H groups in total. The summed E-state index contributed by atoms with van der Waals surface area (Å²) in [6.07, 6.45) is 9.31. The summed E-state index contributed by atoms with van der Waals surface area (Å²) in [4.78, 5) is 35.3. The highest BCUT2D eigenvalue weighted by atomic mass is 16.6. The zero-order valence-corrected chi connectivity index (χ0v) is 20.0. The minimum Gasteiger partial charge on any atom is -0.481 e. The van der Waals surface area contributed by atoms with Crippen molar-refractivity contribution in [1.82, 2.24) is 0 Å². The fraction of sp³-hybridized carbons (Fsp3) is 0.875. The SMILES string of the molecule is CCCCCCCC(CCC)(OC(=O)CC(O)(CC(=O)O)C(=O)O)C(CCC)CCC. The van der Waals surface area contributed by atoms with Gasteiger partial charge in [0.2, 0.25) is 0 Å². The second kappa shape index (κ2) is 15.2. The van der Waals surface area contributed by atoms with Gasteiger partial charge in [-0.3, -0.25) is 9.59 Å². The van der Waals surface area contributed by atoms with Gasteiger partial charge in [-0.1, -0.05) is 72.6 Å². The number of esters is 1. The molecule has 0 aliphatic carbocycles. The van der Waals surface area contributed by atoms with E-state index in [4.69, 9.17) is 9.84 Å². The predicted molar refractivity (Wildman–Crippen MR) is 120 cm³/mol. The monoisotopic (exact) mass is 444 g/mol. The molecule has 0 saturated heterocycles. The number of ether oxygens (including phenoxy) is 1. The van der Waals surface area contributed by atoms with Gasteiger partial charge in [-0.2, -0.15) is 0 Å². The highest BCUT2D eigenvalue weighted by Gasteiger charge is 2.45. The molecule has 0 radical (unpaired) electrons. The topological polar surface area (TPSA) is 121 Å². The molecule has 0 aromatic rings. The van der Waals surface area contributed by atoms with Crippen molar-refractivity contribution in [3.8, 4) is 0 Å². The van der Waals surface area contributed by atoms with Crippen molar-refractivity contribution < 1.29 is 34.4 Å². The number of aliphatic hydroxyl groups is 1. The first-order chi connectivity index (χ1) is 14.6. The minimum absolute atomic E-state index is 0.148. The van der Waals surface area contributed by atoms with E-state index >= 15 is 0 Å². The summed E-state index contributed by atoms with van der Waals surface area (Å²) >= 11 is 0. The summed E-state index contributed by atoms with van der Waals surface area (Å²) in [7, 11) is 0. The lowest BCUT2D eigenvalue weighted by atomic mass is 9.75. The van der Waals surface area contributed by atoms with Crippen LogP contribution < -0.4 is 0 Å². The van der Waals surface area contributed by atoms with E-state index in [0.717, 1.165) is 64.2 Å². The molecule has 31 heavy (non-hydrogen) atoms. The normalized spacial score (nSPS) is 15.3. The van der Waals surface area contributed by atoms with Gasteiger partial charge in [-0.15, -0.1) is 0 Å². The summed E-state index contributed by atoms with van der Waals surface area (Å²) in [5.41, 5.74) is -3.39. The third-order valence-corrected chi connectivity index (χ3v) is 5.99. The number of unbranched alkanes of at least 4 members (excludes halogenated alkanes) is 4. The number of carbonyl (C=O) groups excluding carboxylic acids is 1. The summed E-state index contributed by atoms with van der Waals surface area (Å²) < 4.78 is 6.02. The molecule has 0 bridgehead atoms. The highest BCUT2D eigenvalue weighted by Crippen LogP contribution is 2.39. The number of hydrogen-bond acceptors (Lipinski definition) is 5. The van der Waals surface area contributed by atoms with Gasteiger partial charge in [-0.25, -0.2) is 4.79 Å². The van der Waals surface area contributed by atoms with Crippen LogP contribution in [0.1, 0.15) is 118 Å². The molecule has 182 valence electrons. The highest BCUT2D eigenvalue weighted by molar-refractivity contribution is 5.88. The van der Waals surface area contributed by atoms with Gasteiger partial charge in [0.15, 0.2) is 5.60 Å². The molecular weight excluding hydrogens is 400 g/mol. The van der Waals surface area contributed by atoms with Crippen molar-refractivity contribution in [3.05, 3.63) is 0 Å². The molecule has 0 heterocycles. The molecule has 0 aromatic heterocycles. The number of carboxylic acids is 2. The third kappa shape index (κ3) is 10.5. The fourth-order valence-electron chi connectivity index (χ4n) is 4.50. The first kappa shape index (κ1) is 29.4. The second-order valence-electron chi connectivity index (χ2n) is 8.81. The van der Waals surface area contributed by atoms with E-state index in [0.29, 0.717) is 12.8 Å². The molecule has 0 amide bonds. The van der Waals surface area contributed by atoms with E-state index < -0.39 is 42.0 Å². The van der Waals surface area contributed by atoms with E-state index in [1.165, 1.54) is 0 Å². The van der Waals surface area contributed by atoms with Crippen LogP contribution in [0, 0.1) is 5.92 Å². The van der Waals surface area contributed by atoms with Crippen molar-refractivity contribution in [2.45, 2.75) is 129 Å². The maximum Gasteiger partial charge on any atom is 0.336 e. The van der Waals surface area contributed by atoms with Crippen LogP contribution in [0.3, 0.4) is 0 Å². The summed E-state index contributed by atoms with van der Waals surface area (Å²) in [6.45, 7) is 8.38. The lowest BCUT2D eigenvalue weighted by Crippen LogP contribution is -2.47. The Morgan fingerprint density at radius 3 is 1.81 bits per heavy atom. The molecule has 0 spiro atoms. The first-order valence-corrected chi connectivity index (χ1v) is 12.0. The van der Waals surface area contributed by atoms with Crippen LogP contribution in [-0.4, -0.2) is 44.4 Å². The summed E-state index contributed by atoms with van der Waals surface area (Å²) in [5, 5.41) is 28.6. The molecule has 2 unspecified atom stereocenters. The fourth-order valence-corrected chi connectivity index (χ4v) is 4.50. The number of aliphatic carboxylic acids is 2. The van der Waals surface area contributed by atoms with Crippen molar-refractivity contribution in [2.75, 3.05) is 0 Å². The van der Waals surface area contributed by atoms with Crippen LogP contribution in [0.2, 0.25) is 0 Å². The van der Waals surface area contributed by atoms with E-state index in [1.54, 1.807) is 0 Å². The van der Waals surface area contributed by atoms with Crippen LogP contribution in [0.15, 0.2) is 0 Å². The number of carbonyl (C=O) groups is 3. The van der Waals surface area contributed by atoms with Gasteiger partial charge in [0.05, 0.1) is 12.8 Å². The van der Waals surface area contributed by atoms with Crippen LogP contribution in [0.5, 0.6) is 0 Å². The number of carboxylic acid groups (broad SMARTS) is 2. The Bertz CT molecular complexity index is 542. The van der Waals surface area contributed by atoms with Crippen LogP contribution >= 0.6 is 0 Å². The largest absolute Gasteiger partial charge is 0.481 e. The second-order valence-corrected chi connectivity index (χ2v) is 8.81. The van der Waals surface area contributed by atoms with Crippen molar-refractivity contribution in [3.63, 3.8) is 0 Å². The van der Waals surface area contributed by atoms with Crippen molar-refractivity contribution in [1.29, 1.82) is 0 Å². The lowest BCUT2D eigenvalue weighted by molar-refractivity contribution is -0.183. The Balaban J connectivity index is 5.72. The summed E-state index contributed by atoms with van der Waals surface area (Å²) in [6, 6.07) is 0. The van der Waals surface area contributed by atoms with Gasteiger partial charge >= 0.3 is 17.9 Å². The molecule has 7 heteroatoms. The van der Waals surface area contributed by atoms with Gasteiger partial charge < -0.3 is 20.1 Å². The van der Waals surface area contributed by atoms with E-state index in [-0.39, 0.29) is 5.92 Å². The molecule has 0 fully saturated rings. The number of rotatable bonds is 19. The van der Waals surface area contributed by atoms with Crippen LogP contribution in [-0.2, 0) is 19.1 Å². The zero-order chi connectivity index (χ0) is 23.9. The van der Waals surface area contributed by atoms with Crippen LogP contribution in [0.4, 0.5) is 0 Å². The lowest BCUT2D eigenvalue weighted by Gasteiger charge is -2.41. The van der Waals surface area contributed by atoms with Gasteiger partial charge in [0.25, 0.3) is 0 Å². The maximum atomic E-state index is 12.8. The Kier molecular flexibility index (Phi) is 14.4.